The molecular formula is C9H11Cl2NO2. The quantitative estimate of drug-likeness (QED) is 0.844. The van der Waals surface area contributed by atoms with Crippen LogP contribution in [0.25, 0.3) is 0 Å². The van der Waals surface area contributed by atoms with Crippen LogP contribution in [0.15, 0.2) is 24.3 Å². The maximum atomic E-state index is 10.2. The van der Waals surface area contributed by atoms with E-state index in [2.05, 4.69) is 5.32 Å². The number of benzene rings is 1. The Kier molecular flexibility index (Phi) is 6.08. The lowest BCUT2D eigenvalue weighted by Gasteiger charge is -2.03. The molecule has 0 aliphatic carbocycles. The molecule has 2 N–H and O–H groups in total. The van der Waals surface area contributed by atoms with E-state index in [1.165, 1.54) is 0 Å². The van der Waals surface area contributed by atoms with Crippen LogP contribution < -0.4 is 5.32 Å². The van der Waals surface area contributed by atoms with Crippen molar-refractivity contribution in [3.63, 3.8) is 0 Å². The number of carboxylic acids is 1. The number of carboxylic acid groups (broad SMARTS) is 1. The lowest BCUT2D eigenvalue weighted by Crippen LogP contribution is -2.07. The molecule has 1 rings (SSSR count). The summed E-state index contributed by atoms with van der Waals surface area (Å²) >= 11 is 5.73. The molecule has 1 aromatic carbocycles. The summed E-state index contributed by atoms with van der Waals surface area (Å²) in [7, 11) is 0. The third-order valence-electron chi connectivity index (χ3n) is 1.49. The summed E-state index contributed by atoms with van der Waals surface area (Å²) in [6, 6.07) is 7.17. The first kappa shape index (κ1) is 13.1. The molecule has 0 spiro atoms. The van der Waals surface area contributed by atoms with E-state index < -0.39 is 5.97 Å². The van der Waals surface area contributed by atoms with Crippen molar-refractivity contribution in [1.29, 1.82) is 0 Å². The van der Waals surface area contributed by atoms with E-state index in [-0.39, 0.29) is 18.8 Å². The van der Waals surface area contributed by atoms with Crippen LogP contribution in [0.5, 0.6) is 0 Å². The minimum Gasteiger partial charge on any atom is -0.481 e. The molecule has 0 saturated heterocycles. The first-order chi connectivity index (χ1) is 6.18. The molecule has 78 valence electrons. The van der Waals surface area contributed by atoms with Crippen LogP contribution in [0, 0.1) is 0 Å². The highest BCUT2D eigenvalue weighted by atomic mass is 35.5. The average molecular weight is 236 g/mol. The van der Waals surface area contributed by atoms with Crippen LogP contribution in [0.4, 0.5) is 5.69 Å². The molecule has 3 nitrogen and oxygen atoms in total. The number of halogens is 2. The normalized spacial score (nSPS) is 8.93. The number of rotatable bonds is 4. The molecular weight excluding hydrogens is 225 g/mol. The van der Waals surface area contributed by atoms with E-state index in [9.17, 15) is 4.79 Å². The molecule has 0 aliphatic rings. The van der Waals surface area contributed by atoms with Crippen molar-refractivity contribution in [1.82, 2.24) is 0 Å². The largest absolute Gasteiger partial charge is 0.481 e. The predicted octanol–water partition coefficient (Wildman–Crippen LogP) is 2.65. The van der Waals surface area contributed by atoms with Crippen LogP contribution in [0.3, 0.4) is 0 Å². The highest BCUT2D eigenvalue weighted by molar-refractivity contribution is 6.30. The third kappa shape index (κ3) is 4.94. The maximum absolute atomic E-state index is 10.2. The first-order valence-electron chi connectivity index (χ1n) is 3.90. The Labute approximate surface area is 93.5 Å². The van der Waals surface area contributed by atoms with Gasteiger partial charge in [-0.25, -0.2) is 0 Å². The number of aliphatic carboxylic acids is 1. The summed E-state index contributed by atoms with van der Waals surface area (Å²) in [5.74, 6) is -0.811. The monoisotopic (exact) mass is 235 g/mol. The third-order valence-corrected chi connectivity index (χ3v) is 1.73. The number of carbonyl (C=O) groups is 1. The van der Waals surface area contributed by atoms with E-state index in [0.717, 1.165) is 5.69 Å². The van der Waals surface area contributed by atoms with Crippen molar-refractivity contribution >= 4 is 35.7 Å². The van der Waals surface area contributed by atoms with Crippen molar-refractivity contribution in [2.75, 3.05) is 11.9 Å². The fraction of sp³-hybridized carbons (Fsp3) is 0.222. The topological polar surface area (TPSA) is 49.3 Å². The van der Waals surface area contributed by atoms with Gasteiger partial charge >= 0.3 is 5.97 Å². The maximum Gasteiger partial charge on any atom is 0.305 e. The van der Waals surface area contributed by atoms with Crippen LogP contribution in [0.1, 0.15) is 6.42 Å². The molecule has 0 aromatic heterocycles. The fourth-order valence-electron chi connectivity index (χ4n) is 0.912. The number of hydrogen-bond donors (Lipinski definition) is 2. The summed E-state index contributed by atoms with van der Waals surface area (Å²) in [6.45, 7) is 0.412. The molecule has 5 heteroatoms. The summed E-state index contributed by atoms with van der Waals surface area (Å²) in [4.78, 5) is 10.2. The molecule has 0 fully saturated rings. The van der Waals surface area contributed by atoms with E-state index in [0.29, 0.717) is 11.6 Å². The highest BCUT2D eigenvalue weighted by Crippen LogP contribution is 2.14. The molecule has 0 saturated carbocycles. The van der Waals surface area contributed by atoms with Crippen LogP contribution >= 0.6 is 24.0 Å². The van der Waals surface area contributed by atoms with Crippen molar-refractivity contribution in [2.45, 2.75) is 6.42 Å². The highest BCUT2D eigenvalue weighted by Gasteiger charge is 1.96. The zero-order valence-corrected chi connectivity index (χ0v) is 8.94. The predicted molar refractivity (Wildman–Crippen MR) is 59.4 cm³/mol. The second kappa shape index (κ2) is 6.51. The van der Waals surface area contributed by atoms with Crippen LogP contribution in [-0.4, -0.2) is 17.6 Å². The van der Waals surface area contributed by atoms with Gasteiger partial charge in [0, 0.05) is 17.3 Å². The van der Waals surface area contributed by atoms with E-state index in [4.69, 9.17) is 16.7 Å². The Bertz CT molecular complexity index is 305. The Morgan fingerprint density at radius 3 is 2.79 bits per heavy atom. The van der Waals surface area contributed by atoms with Crippen LogP contribution in [-0.2, 0) is 4.79 Å². The van der Waals surface area contributed by atoms with Gasteiger partial charge in [0.05, 0.1) is 6.42 Å². The Morgan fingerprint density at radius 1 is 1.50 bits per heavy atom. The molecule has 0 bridgehead atoms. The molecule has 0 radical (unpaired) electrons. The van der Waals surface area contributed by atoms with Crippen molar-refractivity contribution < 1.29 is 9.90 Å². The molecule has 1 aromatic rings. The summed E-state index contributed by atoms with van der Waals surface area (Å²) in [6.07, 6.45) is 0.104. The minimum absolute atomic E-state index is 0. The first-order valence-corrected chi connectivity index (χ1v) is 4.27. The smallest absolute Gasteiger partial charge is 0.305 e. The zero-order chi connectivity index (χ0) is 9.68. The van der Waals surface area contributed by atoms with Crippen molar-refractivity contribution in [3.8, 4) is 0 Å². The minimum atomic E-state index is -0.811. The molecule has 0 unspecified atom stereocenters. The zero-order valence-electron chi connectivity index (χ0n) is 7.37. The molecule has 14 heavy (non-hydrogen) atoms. The average Bonchev–Trinajstić information content (AvgIpc) is 2.03. The number of anilines is 1. The van der Waals surface area contributed by atoms with E-state index in [1.54, 1.807) is 12.1 Å². The standard InChI is InChI=1S/C9H10ClNO2.ClH/c10-7-2-1-3-8(6-7)11-5-4-9(12)13;/h1-3,6,11H,4-5H2,(H,12,13);1H. The number of nitrogens with one attached hydrogen (secondary N) is 1. The fourth-order valence-corrected chi connectivity index (χ4v) is 1.10. The lowest BCUT2D eigenvalue weighted by atomic mass is 10.3. The Morgan fingerprint density at radius 2 is 2.21 bits per heavy atom. The van der Waals surface area contributed by atoms with Gasteiger partial charge in [-0.3, -0.25) is 4.79 Å². The molecule has 0 atom stereocenters. The van der Waals surface area contributed by atoms with Crippen LogP contribution in [0.2, 0.25) is 5.02 Å². The Balaban J connectivity index is 0.00000169. The van der Waals surface area contributed by atoms with Crippen molar-refractivity contribution in [3.05, 3.63) is 29.3 Å². The summed E-state index contributed by atoms with van der Waals surface area (Å²) < 4.78 is 0. The second-order valence-electron chi connectivity index (χ2n) is 2.58. The van der Waals surface area contributed by atoms with E-state index in [1.807, 2.05) is 12.1 Å². The molecule has 0 amide bonds. The SMILES string of the molecule is Cl.O=C(O)CCNc1cccc(Cl)c1. The van der Waals surface area contributed by atoms with Gasteiger partial charge in [-0.15, -0.1) is 12.4 Å². The van der Waals surface area contributed by atoms with Gasteiger partial charge in [0.15, 0.2) is 0 Å². The van der Waals surface area contributed by atoms with Gasteiger partial charge in [-0.1, -0.05) is 17.7 Å². The summed E-state index contributed by atoms with van der Waals surface area (Å²) in [5, 5.41) is 12.0. The van der Waals surface area contributed by atoms with Gasteiger partial charge in [0.1, 0.15) is 0 Å². The lowest BCUT2D eigenvalue weighted by molar-refractivity contribution is -0.136. The van der Waals surface area contributed by atoms with E-state index >= 15 is 0 Å². The second-order valence-corrected chi connectivity index (χ2v) is 3.02. The van der Waals surface area contributed by atoms with Gasteiger partial charge < -0.3 is 10.4 Å². The summed E-state index contributed by atoms with van der Waals surface area (Å²) in [5.41, 5.74) is 0.841. The number of hydrogen-bond acceptors (Lipinski definition) is 2. The van der Waals surface area contributed by atoms with Gasteiger partial charge in [0.25, 0.3) is 0 Å². The van der Waals surface area contributed by atoms with Gasteiger partial charge in [-0.2, -0.15) is 0 Å². The van der Waals surface area contributed by atoms with Crippen molar-refractivity contribution in [2.24, 2.45) is 0 Å². The van der Waals surface area contributed by atoms with Gasteiger partial charge in [-0.05, 0) is 18.2 Å². The Hall–Kier alpha value is -0.930. The molecule has 0 aliphatic heterocycles. The van der Waals surface area contributed by atoms with Gasteiger partial charge in [0.2, 0.25) is 0 Å². The molecule has 0 heterocycles.